The summed E-state index contributed by atoms with van der Waals surface area (Å²) < 4.78 is 14.6. The SMILES string of the molecule is CCOC(=O)c1cc(C(=O)Oc2ccc(CC(=O)OC)cc2)cc([N+](=O)[O-])c1. The normalized spacial score (nSPS) is 10.1. The number of methoxy groups -OCH3 is 1. The molecule has 0 bridgehead atoms. The summed E-state index contributed by atoms with van der Waals surface area (Å²) in [7, 11) is 1.28. The zero-order valence-electron chi connectivity index (χ0n) is 15.2. The van der Waals surface area contributed by atoms with Gasteiger partial charge in [0.05, 0.1) is 36.2 Å². The van der Waals surface area contributed by atoms with Crippen LogP contribution in [0.15, 0.2) is 42.5 Å². The highest BCUT2D eigenvalue weighted by atomic mass is 16.6. The van der Waals surface area contributed by atoms with E-state index < -0.39 is 28.5 Å². The molecule has 0 saturated heterocycles. The molecule has 2 rings (SSSR count). The Bertz CT molecular complexity index is 905. The van der Waals surface area contributed by atoms with Crippen molar-refractivity contribution in [1.82, 2.24) is 0 Å². The maximum Gasteiger partial charge on any atom is 0.343 e. The van der Waals surface area contributed by atoms with E-state index in [9.17, 15) is 24.5 Å². The van der Waals surface area contributed by atoms with E-state index in [2.05, 4.69) is 4.74 Å². The van der Waals surface area contributed by atoms with Crippen molar-refractivity contribution in [3.8, 4) is 5.75 Å². The first kappa shape index (κ1) is 20.6. The number of carbonyl (C=O) groups is 3. The summed E-state index contributed by atoms with van der Waals surface area (Å²) in [4.78, 5) is 45.8. The largest absolute Gasteiger partial charge is 0.469 e. The van der Waals surface area contributed by atoms with Crippen molar-refractivity contribution in [2.45, 2.75) is 13.3 Å². The number of ether oxygens (including phenoxy) is 3. The lowest BCUT2D eigenvalue weighted by atomic mass is 10.1. The lowest BCUT2D eigenvalue weighted by molar-refractivity contribution is -0.384. The second-order valence-corrected chi connectivity index (χ2v) is 5.53. The number of nitro groups is 1. The van der Waals surface area contributed by atoms with Crippen molar-refractivity contribution < 1.29 is 33.5 Å². The number of rotatable bonds is 7. The van der Waals surface area contributed by atoms with E-state index in [4.69, 9.17) is 9.47 Å². The van der Waals surface area contributed by atoms with Gasteiger partial charge in [-0.15, -0.1) is 0 Å². The molecule has 0 aromatic heterocycles. The predicted molar refractivity (Wildman–Crippen MR) is 96.2 cm³/mol. The summed E-state index contributed by atoms with van der Waals surface area (Å²) in [5.41, 5.74) is -0.0789. The van der Waals surface area contributed by atoms with Crippen LogP contribution in [0.25, 0.3) is 0 Å². The van der Waals surface area contributed by atoms with E-state index in [-0.39, 0.29) is 29.9 Å². The Balaban J connectivity index is 2.22. The average molecular weight is 387 g/mol. The van der Waals surface area contributed by atoms with Gasteiger partial charge in [0.15, 0.2) is 0 Å². The summed E-state index contributed by atoms with van der Waals surface area (Å²) in [6, 6.07) is 9.31. The molecule has 28 heavy (non-hydrogen) atoms. The van der Waals surface area contributed by atoms with Gasteiger partial charge in [-0.3, -0.25) is 14.9 Å². The third-order valence-electron chi connectivity index (χ3n) is 3.59. The van der Waals surface area contributed by atoms with Crippen molar-refractivity contribution >= 4 is 23.6 Å². The van der Waals surface area contributed by atoms with E-state index in [0.717, 1.165) is 12.1 Å². The summed E-state index contributed by atoms with van der Waals surface area (Å²) in [5, 5.41) is 11.1. The number of carbonyl (C=O) groups excluding carboxylic acids is 3. The minimum atomic E-state index is -0.880. The third-order valence-corrected chi connectivity index (χ3v) is 3.59. The van der Waals surface area contributed by atoms with Crippen molar-refractivity contribution in [3.05, 3.63) is 69.3 Å². The minimum absolute atomic E-state index is 0.0680. The number of hydrogen-bond donors (Lipinski definition) is 0. The Labute approximate surface area is 160 Å². The number of non-ortho nitro benzene ring substituents is 1. The summed E-state index contributed by atoms with van der Waals surface area (Å²) in [6.07, 6.45) is 0.0680. The third kappa shape index (κ3) is 5.37. The van der Waals surface area contributed by atoms with Crippen molar-refractivity contribution in [2.24, 2.45) is 0 Å². The average Bonchev–Trinajstić information content (AvgIpc) is 2.69. The molecule has 2 aromatic carbocycles. The van der Waals surface area contributed by atoms with E-state index >= 15 is 0 Å². The Morgan fingerprint density at radius 1 is 1.00 bits per heavy atom. The van der Waals surface area contributed by atoms with Crippen molar-refractivity contribution in [2.75, 3.05) is 13.7 Å². The van der Waals surface area contributed by atoms with Crippen molar-refractivity contribution in [3.63, 3.8) is 0 Å². The van der Waals surface area contributed by atoms with Gasteiger partial charge < -0.3 is 14.2 Å². The molecule has 0 unspecified atom stereocenters. The van der Waals surface area contributed by atoms with Crippen LogP contribution in [0.5, 0.6) is 5.75 Å². The molecule has 2 aromatic rings. The molecular weight excluding hydrogens is 370 g/mol. The van der Waals surface area contributed by atoms with E-state index in [1.54, 1.807) is 19.1 Å². The molecule has 0 atom stereocenters. The second kappa shape index (κ2) is 9.26. The Kier molecular flexibility index (Phi) is 6.80. The Morgan fingerprint density at radius 3 is 2.14 bits per heavy atom. The molecule has 0 spiro atoms. The summed E-state index contributed by atoms with van der Waals surface area (Å²) >= 11 is 0. The van der Waals surface area contributed by atoms with Gasteiger partial charge >= 0.3 is 17.9 Å². The second-order valence-electron chi connectivity index (χ2n) is 5.53. The van der Waals surface area contributed by atoms with E-state index in [0.29, 0.717) is 5.56 Å². The van der Waals surface area contributed by atoms with Gasteiger partial charge in [-0.25, -0.2) is 9.59 Å². The zero-order chi connectivity index (χ0) is 20.7. The molecule has 0 amide bonds. The number of benzene rings is 2. The molecule has 0 radical (unpaired) electrons. The highest BCUT2D eigenvalue weighted by Gasteiger charge is 2.20. The molecule has 0 saturated carbocycles. The lowest BCUT2D eigenvalue weighted by Crippen LogP contribution is -2.12. The molecular formula is C19H17NO8. The number of nitrogens with zero attached hydrogens (tertiary/aromatic N) is 1. The Morgan fingerprint density at radius 2 is 1.61 bits per heavy atom. The predicted octanol–water partition coefficient (Wildman–Crippen LogP) is 2.71. The number of esters is 3. The lowest BCUT2D eigenvalue weighted by Gasteiger charge is -2.07. The van der Waals surface area contributed by atoms with Crippen LogP contribution >= 0.6 is 0 Å². The van der Waals surface area contributed by atoms with Crippen LogP contribution in [0.3, 0.4) is 0 Å². The van der Waals surface area contributed by atoms with Gasteiger partial charge in [0, 0.05) is 12.1 Å². The van der Waals surface area contributed by atoms with Gasteiger partial charge in [-0.2, -0.15) is 0 Å². The van der Waals surface area contributed by atoms with Crippen LogP contribution in [0.4, 0.5) is 5.69 Å². The fourth-order valence-electron chi connectivity index (χ4n) is 2.25. The monoisotopic (exact) mass is 387 g/mol. The summed E-state index contributed by atoms with van der Waals surface area (Å²) in [5.74, 6) is -1.90. The van der Waals surface area contributed by atoms with Gasteiger partial charge in [0.2, 0.25) is 0 Å². The van der Waals surface area contributed by atoms with Crippen LogP contribution in [-0.4, -0.2) is 36.5 Å². The fraction of sp³-hybridized carbons (Fsp3) is 0.211. The number of nitro benzene ring substituents is 1. The van der Waals surface area contributed by atoms with E-state index in [1.807, 2.05) is 0 Å². The maximum absolute atomic E-state index is 12.4. The van der Waals surface area contributed by atoms with Gasteiger partial charge in [-0.1, -0.05) is 12.1 Å². The first-order valence-corrected chi connectivity index (χ1v) is 8.18. The van der Waals surface area contributed by atoms with Crippen LogP contribution < -0.4 is 4.74 Å². The maximum atomic E-state index is 12.4. The van der Waals surface area contributed by atoms with Crippen molar-refractivity contribution in [1.29, 1.82) is 0 Å². The zero-order valence-corrected chi connectivity index (χ0v) is 15.2. The quantitative estimate of drug-likeness (QED) is 0.308. The molecule has 0 aliphatic heterocycles. The van der Waals surface area contributed by atoms with Crippen LogP contribution in [0.2, 0.25) is 0 Å². The first-order valence-electron chi connectivity index (χ1n) is 8.18. The first-order chi connectivity index (χ1) is 13.3. The smallest absolute Gasteiger partial charge is 0.343 e. The molecule has 9 nitrogen and oxygen atoms in total. The highest BCUT2D eigenvalue weighted by Crippen LogP contribution is 2.21. The molecule has 0 fully saturated rings. The molecule has 0 aliphatic rings. The van der Waals surface area contributed by atoms with E-state index in [1.165, 1.54) is 25.3 Å². The van der Waals surface area contributed by atoms with Gasteiger partial charge in [0.1, 0.15) is 5.75 Å². The molecule has 146 valence electrons. The van der Waals surface area contributed by atoms with Crippen LogP contribution in [-0.2, 0) is 20.7 Å². The minimum Gasteiger partial charge on any atom is -0.469 e. The molecule has 0 aliphatic carbocycles. The molecule has 9 heteroatoms. The Hall–Kier alpha value is -3.75. The standard InChI is InChI=1S/C19H17NO8/c1-3-27-18(22)13-9-14(11-15(10-13)20(24)25)19(23)28-16-6-4-12(5-7-16)8-17(21)26-2/h4-7,9-11H,3,8H2,1-2H3. The summed E-state index contributed by atoms with van der Waals surface area (Å²) in [6.45, 7) is 1.67. The molecule has 0 heterocycles. The fourth-order valence-corrected chi connectivity index (χ4v) is 2.25. The van der Waals surface area contributed by atoms with Crippen LogP contribution in [0, 0.1) is 10.1 Å². The topological polar surface area (TPSA) is 122 Å². The van der Waals surface area contributed by atoms with Crippen LogP contribution in [0.1, 0.15) is 33.2 Å². The van der Waals surface area contributed by atoms with Gasteiger partial charge in [-0.05, 0) is 30.7 Å². The molecule has 0 N–H and O–H groups in total. The highest BCUT2D eigenvalue weighted by molar-refractivity contribution is 5.97. The van der Waals surface area contributed by atoms with Gasteiger partial charge in [0.25, 0.3) is 5.69 Å². The number of hydrogen-bond acceptors (Lipinski definition) is 8.